The third-order valence-corrected chi connectivity index (χ3v) is 2.97. The molecular formula is C10H7F3N4S. The predicted octanol–water partition coefficient (Wildman–Crippen LogP) is 2.62. The van der Waals surface area contributed by atoms with Crippen LogP contribution in [0, 0.1) is 0 Å². The predicted molar refractivity (Wildman–Crippen MR) is 59.8 cm³/mol. The number of nitrogens with two attached hydrogens (primary N) is 1. The Hall–Kier alpha value is -1.83. The van der Waals surface area contributed by atoms with Gasteiger partial charge in [-0.25, -0.2) is 0 Å². The lowest BCUT2D eigenvalue weighted by atomic mass is 10.4. The number of nitrogen functional groups attached to an aromatic ring is 1. The molecule has 0 aliphatic rings. The highest BCUT2D eigenvalue weighted by Gasteiger charge is 2.32. The van der Waals surface area contributed by atoms with Gasteiger partial charge in [-0.2, -0.15) is 13.2 Å². The van der Waals surface area contributed by atoms with Gasteiger partial charge in [-0.05, 0) is 18.2 Å². The molecule has 0 aromatic carbocycles. The van der Waals surface area contributed by atoms with Crippen molar-refractivity contribution in [3.8, 4) is 0 Å². The number of rotatable bonds is 2. The smallest absolute Gasteiger partial charge is 0.397 e. The minimum Gasteiger partial charge on any atom is -0.397 e. The van der Waals surface area contributed by atoms with Crippen molar-refractivity contribution in [1.29, 1.82) is 0 Å². The lowest BCUT2D eigenvalue weighted by Crippen LogP contribution is -2.08. The standard InChI is InChI=1S/C10H7F3N4S/c11-10(12,13)8-1-2-9(17-16-8)18-7-3-4-15-5-6(7)14/h1-5H,14H2. The topological polar surface area (TPSA) is 64.7 Å². The Labute approximate surface area is 104 Å². The molecule has 4 nitrogen and oxygen atoms in total. The first-order valence-electron chi connectivity index (χ1n) is 4.75. The van der Waals surface area contributed by atoms with Gasteiger partial charge in [-0.1, -0.05) is 11.8 Å². The first kappa shape index (κ1) is 12.6. The molecule has 0 unspecified atom stereocenters. The molecule has 2 aromatic heterocycles. The molecule has 2 rings (SSSR count). The zero-order chi connectivity index (χ0) is 13.2. The number of halogens is 3. The second-order valence-electron chi connectivity index (χ2n) is 3.27. The molecule has 2 heterocycles. The van der Waals surface area contributed by atoms with E-state index < -0.39 is 11.9 Å². The van der Waals surface area contributed by atoms with Crippen LogP contribution in [-0.2, 0) is 6.18 Å². The number of pyridine rings is 1. The van der Waals surface area contributed by atoms with Crippen molar-refractivity contribution < 1.29 is 13.2 Å². The monoisotopic (exact) mass is 272 g/mol. The van der Waals surface area contributed by atoms with Crippen LogP contribution in [0.4, 0.5) is 18.9 Å². The van der Waals surface area contributed by atoms with Crippen molar-refractivity contribution in [1.82, 2.24) is 15.2 Å². The number of nitrogens with zero attached hydrogens (tertiary/aromatic N) is 3. The molecule has 0 spiro atoms. The Balaban J connectivity index is 2.19. The Morgan fingerprint density at radius 1 is 1.11 bits per heavy atom. The lowest BCUT2D eigenvalue weighted by molar-refractivity contribution is -0.141. The summed E-state index contributed by atoms with van der Waals surface area (Å²) >= 11 is 1.13. The second kappa shape index (κ2) is 4.81. The van der Waals surface area contributed by atoms with Gasteiger partial charge in [0.15, 0.2) is 5.69 Å². The maximum absolute atomic E-state index is 12.3. The van der Waals surface area contributed by atoms with Gasteiger partial charge >= 0.3 is 6.18 Å². The molecule has 2 aromatic rings. The number of hydrogen-bond donors (Lipinski definition) is 1. The minimum atomic E-state index is -4.48. The Bertz CT molecular complexity index is 542. The van der Waals surface area contributed by atoms with Gasteiger partial charge in [0.2, 0.25) is 0 Å². The Morgan fingerprint density at radius 2 is 1.89 bits per heavy atom. The molecule has 0 aliphatic carbocycles. The Kier molecular flexibility index (Phi) is 3.37. The zero-order valence-electron chi connectivity index (χ0n) is 8.85. The SMILES string of the molecule is Nc1cnccc1Sc1ccc(C(F)(F)F)nn1. The van der Waals surface area contributed by atoms with E-state index in [0.717, 1.165) is 17.8 Å². The van der Waals surface area contributed by atoms with Crippen molar-refractivity contribution in [2.45, 2.75) is 16.1 Å². The summed E-state index contributed by atoms with van der Waals surface area (Å²) in [5.41, 5.74) is 5.07. The van der Waals surface area contributed by atoms with E-state index in [9.17, 15) is 13.2 Å². The van der Waals surface area contributed by atoms with Gasteiger partial charge in [0.05, 0.1) is 11.9 Å². The van der Waals surface area contributed by atoms with E-state index in [2.05, 4.69) is 15.2 Å². The fourth-order valence-electron chi connectivity index (χ4n) is 1.13. The summed E-state index contributed by atoms with van der Waals surface area (Å²) in [5, 5.41) is 6.96. The van der Waals surface area contributed by atoms with E-state index in [1.54, 1.807) is 6.07 Å². The lowest BCUT2D eigenvalue weighted by Gasteiger charge is -2.06. The van der Waals surface area contributed by atoms with Crippen LogP contribution in [0.2, 0.25) is 0 Å². The van der Waals surface area contributed by atoms with Crippen LogP contribution in [0.3, 0.4) is 0 Å². The molecule has 18 heavy (non-hydrogen) atoms. The first-order chi connectivity index (χ1) is 8.47. The van der Waals surface area contributed by atoms with Gasteiger partial charge in [-0.15, -0.1) is 10.2 Å². The molecule has 0 atom stereocenters. The van der Waals surface area contributed by atoms with E-state index in [0.29, 0.717) is 15.6 Å². The summed E-state index contributed by atoms with van der Waals surface area (Å²) in [6.45, 7) is 0. The number of hydrogen-bond acceptors (Lipinski definition) is 5. The molecule has 2 N–H and O–H groups in total. The molecule has 0 amide bonds. The average molecular weight is 272 g/mol. The van der Waals surface area contributed by atoms with E-state index in [4.69, 9.17) is 5.73 Å². The highest BCUT2D eigenvalue weighted by Crippen LogP contribution is 2.31. The summed E-state index contributed by atoms with van der Waals surface area (Å²) in [5.74, 6) is 0. The van der Waals surface area contributed by atoms with Crippen LogP contribution < -0.4 is 5.73 Å². The molecule has 0 saturated heterocycles. The summed E-state index contributed by atoms with van der Waals surface area (Å²) in [4.78, 5) is 4.48. The van der Waals surface area contributed by atoms with Crippen molar-refractivity contribution in [2.24, 2.45) is 0 Å². The zero-order valence-corrected chi connectivity index (χ0v) is 9.66. The molecule has 0 radical (unpaired) electrons. The second-order valence-corrected chi connectivity index (χ2v) is 4.33. The van der Waals surface area contributed by atoms with E-state index >= 15 is 0 Å². The quantitative estimate of drug-likeness (QED) is 0.910. The number of aromatic nitrogens is 3. The van der Waals surface area contributed by atoms with Crippen molar-refractivity contribution in [2.75, 3.05) is 5.73 Å². The molecular weight excluding hydrogens is 265 g/mol. The summed E-state index contributed by atoms with van der Waals surface area (Å²) in [7, 11) is 0. The Morgan fingerprint density at radius 3 is 2.44 bits per heavy atom. The van der Waals surface area contributed by atoms with Crippen molar-refractivity contribution in [3.63, 3.8) is 0 Å². The number of alkyl halides is 3. The molecule has 0 fully saturated rings. The summed E-state index contributed by atoms with van der Waals surface area (Å²) in [6.07, 6.45) is -1.48. The van der Waals surface area contributed by atoms with Crippen LogP contribution in [0.1, 0.15) is 5.69 Å². The van der Waals surface area contributed by atoms with Crippen LogP contribution in [0.5, 0.6) is 0 Å². The van der Waals surface area contributed by atoms with Crippen LogP contribution in [0.25, 0.3) is 0 Å². The molecule has 0 bridgehead atoms. The fraction of sp³-hybridized carbons (Fsp3) is 0.100. The largest absolute Gasteiger partial charge is 0.435 e. The average Bonchev–Trinajstić information content (AvgIpc) is 2.32. The normalized spacial score (nSPS) is 11.5. The van der Waals surface area contributed by atoms with Crippen LogP contribution >= 0.6 is 11.8 Å². The van der Waals surface area contributed by atoms with E-state index in [-0.39, 0.29) is 0 Å². The van der Waals surface area contributed by atoms with Crippen LogP contribution in [-0.4, -0.2) is 15.2 Å². The number of anilines is 1. The van der Waals surface area contributed by atoms with E-state index in [1.165, 1.54) is 18.5 Å². The molecule has 94 valence electrons. The third kappa shape index (κ3) is 2.89. The highest BCUT2D eigenvalue weighted by atomic mass is 32.2. The van der Waals surface area contributed by atoms with E-state index in [1.807, 2.05) is 0 Å². The molecule has 8 heteroatoms. The third-order valence-electron chi connectivity index (χ3n) is 1.96. The highest BCUT2D eigenvalue weighted by molar-refractivity contribution is 7.99. The summed E-state index contributed by atoms with van der Waals surface area (Å²) in [6, 6.07) is 3.78. The fourth-order valence-corrected chi connectivity index (χ4v) is 1.87. The minimum absolute atomic E-state index is 0.334. The van der Waals surface area contributed by atoms with Crippen molar-refractivity contribution >= 4 is 17.4 Å². The van der Waals surface area contributed by atoms with Gasteiger partial charge in [0.25, 0.3) is 0 Å². The van der Waals surface area contributed by atoms with Gasteiger partial charge in [-0.3, -0.25) is 4.98 Å². The maximum Gasteiger partial charge on any atom is 0.435 e. The van der Waals surface area contributed by atoms with Gasteiger partial charge in [0, 0.05) is 11.1 Å². The van der Waals surface area contributed by atoms with Crippen molar-refractivity contribution in [3.05, 3.63) is 36.3 Å². The van der Waals surface area contributed by atoms with Gasteiger partial charge < -0.3 is 5.73 Å². The molecule has 0 aliphatic heterocycles. The first-order valence-corrected chi connectivity index (χ1v) is 5.57. The maximum atomic E-state index is 12.3. The van der Waals surface area contributed by atoms with Crippen LogP contribution in [0.15, 0.2) is 40.5 Å². The van der Waals surface area contributed by atoms with Gasteiger partial charge in [0.1, 0.15) is 5.03 Å². The molecule has 0 saturated carbocycles. The summed E-state index contributed by atoms with van der Waals surface area (Å²) < 4.78 is 36.8.